The molecular weight excluding hydrogens is 172 g/mol. The normalized spacial score (nSPS) is 18.6. The van der Waals surface area contributed by atoms with Crippen LogP contribution >= 0.6 is 0 Å². The van der Waals surface area contributed by atoms with E-state index in [1.54, 1.807) is 0 Å². The molecule has 1 aliphatic carbocycles. The molecule has 2 nitrogen and oxygen atoms in total. The maximum absolute atomic E-state index is 4.03. The monoisotopic (exact) mass is 186 g/mol. The van der Waals surface area contributed by atoms with Crippen molar-refractivity contribution in [2.45, 2.75) is 26.2 Å². The van der Waals surface area contributed by atoms with Gasteiger partial charge in [-0.2, -0.15) is 5.10 Å². The fourth-order valence-corrected chi connectivity index (χ4v) is 1.98. The Balaban J connectivity index is 1.97. The molecule has 0 unspecified atom stereocenters. The van der Waals surface area contributed by atoms with Crippen LogP contribution in [0.3, 0.4) is 0 Å². The SMILES string of the molecule is CC1(Cc2ccc3cn[nH]c3c2)CC1. The second kappa shape index (κ2) is 2.59. The molecule has 2 heteroatoms. The van der Waals surface area contributed by atoms with Crippen molar-refractivity contribution >= 4 is 10.9 Å². The zero-order valence-electron chi connectivity index (χ0n) is 8.38. The van der Waals surface area contributed by atoms with Crippen LogP contribution < -0.4 is 0 Å². The molecule has 1 saturated carbocycles. The van der Waals surface area contributed by atoms with Crippen LogP contribution in [-0.4, -0.2) is 10.2 Å². The minimum atomic E-state index is 0.591. The Morgan fingerprint density at radius 3 is 3.07 bits per heavy atom. The number of hydrogen-bond donors (Lipinski definition) is 1. The smallest absolute Gasteiger partial charge is 0.0653 e. The molecule has 72 valence electrons. The Hall–Kier alpha value is -1.31. The van der Waals surface area contributed by atoms with E-state index < -0.39 is 0 Å². The first kappa shape index (κ1) is 8.04. The molecule has 3 rings (SSSR count). The lowest BCUT2D eigenvalue weighted by Gasteiger charge is -2.07. The van der Waals surface area contributed by atoms with E-state index in [0.717, 1.165) is 5.52 Å². The molecule has 1 aromatic heterocycles. The van der Waals surface area contributed by atoms with Crippen molar-refractivity contribution in [3.8, 4) is 0 Å². The molecule has 2 aromatic rings. The molecule has 1 N–H and O–H groups in total. The average Bonchev–Trinajstić information content (AvgIpc) is 2.73. The van der Waals surface area contributed by atoms with E-state index in [1.165, 1.54) is 30.2 Å². The van der Waals surface area contributed by atoms with E-state index in [1.807, 2.05) is 6.20 Å². The highest BCUT2D eigenvalue weighted by atomic mass is 15.1. The van der Waals surface area contributed by atoms with Crippen molar-refractivity contribution in [2.24, 2.45) is 5.41 Å². The highest BCUT2D eigenvalue weighted by Crippen LogP contribution is 2.47. The standard InChI is InChI=1S/C12H14N2/c1-12(4-5-12)7-9-2-3-10-8-13-14-11(10)6-9/h2-3,6,8H,4-5,7H2,1H3,(H,13,14). The first-order chi connectivity index (χ1) is 6.75. The number of rotatable bonds is 2. The molecule has 14 heavy (non-hydrogen) atoms. The van der Waals surface area contributed by atoms with Crippen LogP contribution in [0.1, 0.15) is 25.3 Å². The number of hydrogen-bond acceptors (Lipinski definition) is 1. The van der Waals surface area contributed by atoms with Crippen molar-refractivity contribution in [2.75, 3.05) is 0 Å². The Morgan fingerprint density at radius 2 is 2.29 bits per heavy atom. The summed E-state index contributed by atoms with van der Waals surface area (Å²) < 4.78 is 0. The predicted molar refractivity (Wildman–Crippen MR) is 57.1 cm³/mol. The first-order valence-corrected chi connectivity index (χ1v) is 5.17. The van der Waals surface area contributed by atoms with Gasteiger partial charge in [0.05, 0.1) is 11.7 Å². The molecular formula is C12H14N2. The molecule has 0 bridgehead atoms. The largest absolute Gasteiger partial charge is 0.278 e. The maximum Gasteiger partial charge on any atom is 0.0653 e. The fourth-order valence-electron chi connectivity index (χ4n) is 1.98. The van der Waals surface area contributed by atoms with Crippen LogP contribution in [0.4, 0.5) is 0 Å². The van der Waals surface area contributed by atoms with Gasteiger partial charge in [0.2, 0.25) is 0 Å². The summed E-state index contributed by atoms with van der Waals surface area (Å²) in [5.74, 6) is 0. The molecule has 1 aliphatic rings. The second-order valence-electron chi connectivity index (χ2n) is 4.78. The Kier molecular flexibility index (Phi) is 1.49. The van der Waals surface area contributed by atoms with E-state index in [2.05, 4.69) is 35.3 Å². The fraction of sp³-hybridized carbons (Fsp3) is 0.417. The highest BCUT2D eigenvalue weighted by molar-refractivity contribution is 5.78. The van der Waals surface area contributed by atoms with Crippen LogP contribution in [0.5, 0.6) is 0 Å². The summed E-state index contributed by atoms with van der Waals surface area (Å²) in [6, 6.07) is 6.60. The summed E-state index contributed by atoms with van der Waals surface area (Å²) in [4.78, 5) is 0. The number of fused-ring (bicyclic) bond motifs is 1. The predicted octanol–water partition coefficient (Wildman–Crippen LogP) is 2.91. The van der Waals surface area contributed by atoms with Crippen LogP contribution in [0.2, 0.25) is 0 Å². The quantitative estimate of drug-likeness (QED) is 0.767. The summed E-state index contributed by atoms with van der Waals surface area (Å²) in [6.07, 6.45) is 5.85. The second-order valence-corrected chi connectivity index (χ2v) is 4.78. The lowest BCUT2D eigenvalue weighted by atomic mass is 9.98. The van der Waals surface area contributed by atoms with Gasteiger partial charge in [0.15, 0.2) is 0 Å². The maximum atomic E-state index is 4.03. The first-order valence-electron chi connectivity index (χ1n) is 5.17. The molecule has 1 aromatic carbocycles. The number of aromatic nitrogens is 2. The van der Waals surface area contributed by atoms with Crippen LogP contribution in [0, 0.1) is 5.41 Å². The molecule has 0 saturated heterocycles. The zero-order chi connectivity index (χ0) is 9.60. The van der Waals surface area contributed by atoms with Crippen molar-refractivity contribution in [1.82, 2.24) is 10.2 Å². The number of nitrogens with one attached hydrogen (secondary N) is 1. The summed E-state index contributed by atoms with van der Waals surface area (Å²) in [5.41, 5.74) is 3.18. The molecule has 1 fully saturated rings. The van der Waals surface area contributed by atoms with Crippen molar-refractivity contribution < 1.29 is 0 Å². The third-order valence-corrected chi connectivity index (χ3v) is 3.24. The average molecular weight is 186 g/mol. The van der Waals surface area contributed by atoms with E-state index in [4.69, 9.17) is 0 Å². The topological polar surface area (TPSA) is 28.7 Å². The van der Waals surface area contributed by atoms with Gasteiger partial charge in [-0.25, -0.2) is 0 Å². The van der Waals surface area contributed by atoms with Gasteiger partial charge in [-0.3, -0.25) is 5.10 Å². The number of H-pyrrole nitrogens is 1. The van der Waals surface area contributed by atoms with Crippen molar-refractivity contribution in [1.29, 1.82) is 0 Å². The Labute approximate surface area is 83.3 Å². The molecule has 0 spiro atoms. The van der Waals surface area contributed by atoms with Gasteiger partial charge in [0.25, 0.3) is 0 Å². The van der Waals surface area contributed by atoms with Crippen molar-refractivity contribution in [3.05, 3.63) is 30.0 Å². The summed E-state index contributed by atoms with van der Waals surface area (Å²) >= 11 is 0. The van der Waals surface area contributed by atoms with Gasteiger partial charge in [0, 0.05) is 5.39 Å². The summed E-state index contributed by atoms with van der Waals surface area (Å²) in [5, 5.41) is 8.25. The molecule has 0 amide bonds. The third-order valence-electron chi connectivity index (χ3n) is 3.24. The van der Waals surface area contributed by atoms with Gasteiger partial charge in [-0.15, -0.1) is 0 Å². The van der Waals surface area contributed by atoms with E-state index >= 15 is 0 Å². The molecule has 1 heterocycles. The number of benzene rings is 1. The summed E-state index contributed by atoms with van der Waals surface area (Å²) in [7, 11) is 0. The zero-order valence-corrected chi connectivity index (χ0v) is 8.38. The van der Waals surface area contributed by atoms with Gasteiger partial charge in [-0.1, -0.05) is 19.1 Å². The Morgan fingerprint density at radius 1 is 1.43 bits per heavy atom. The minimum absolute atomic E-state index is 0.591. The van der Waals surface area contributed by atoms with Crippen LogP contribution in [-0.2, 0) is 6.42 Å². The van der Waals surface area contributed by atoms with Gasteiger partial charge < -0.3 is 0 Å². The highest BCUT2D eigenvalue weighted by Gasteiger charge is 2.36. The minimum Gasteiger partial charge on any atom is -0.278 e. The van der Waals surface area contributed by atoms with E-state index in [9.17, 15) is 0 Å². The van der Waals surface area contributed by atoms with Crippen molar-refractivity contribution in [3.63, 3.8) is 0 Å². The molecule has 0 radical (unpaired) electrons. The van der Waals surface area contributed by atoms with Gasteiger partial charge in [-0.05, 0) is 36.3 Å². The number of aromatic amines is 1. The lowest BCUT2D eigenvalue weighted by Crippen LogP contribution is -1.98. The Bertz CT molecular complexity index is 466. The third kappa shape index (κ3) is 1.31. The molecule has 0 aliphatic heterocycles. The summed E-state index contributed by atoms with van der Waals surface area (Å²) in [6.45, 7) is 2.37. The van der Waals surface area contributed by atoms with Crippen LogP contribution in [0.15, 0.2) is 24.4 Å². The van der Waals surface area contributed by atoms with E-state index in [0.29, 0.717) is 5.41 Å². The van der Waals surface area contributed by atoms with Gasteiger partial charge >= 0.3 is 0 Å². The van der Waals surface area contributed by atoms with Crippen LogP contribution in [0.25, 0.3) is 10.9 Å². The number of nitrogens with zero attached hydrogens (tertiary/aromatic N) is 1. The van der Waals surface area contributed by atoms with E-state index in [-0.39, 0.29) is 0 Å². The molecule has 0 atom stereocenters. The lowest BCUT2D eigenvalue weighted by molar-refractivity contribution is 0.571. The van der Waals surface area contributed by atoms with Gasteiger partial charge in [0.1, 0.15) is 0 Å².